The van der Waals surface area contributed by atoms with Gasteiger partial charge in [0.1, 0.15) is 5.52 Å². The smallest absolute Gasteiger partial charge is 0.291 e. The number of amides is 1. The first-order valence-corrected chi connectivity index (χ1v) is 9.46. The first-order valence-electron chi connectivity index (χ1n) is 9.46. The number of benzene rings is 1. The van der Waals surface area contributed by atoms with Crippen molar-refractivity contribution in [2.45, 2.75) is 38.3 Å². The molecule has 142 valence electrons. The number of ether oxygens (including phenoxy) is 1. The molecule has 1 N–H and O–H groups in total. The summed E-state index contributed by atoms with van der Waals surface area (Å²) in [6, 6.07) is 7.93. The SMILES string of the molecule is Cn1ncc2c3ccccc3n(CCCC(=O)NC[C@H]3CCCO3)c2c1=O. The van der Waals surface area contributed by atoms with Gasteiger partial charge in [0.25, 0.3) is 5.56 Å². The van der Waals surface area contributed by atoms with Crippen LogP contribution in [0.2, 0.25) is 0 Å². The molecule has 0 radical (unpaired) electrons. The molecule has 2 aromatic heterocycles. The third-order valence-electron chi connectivity index (χ3n) is 5.20. The lowest BCUT2D eigenvalue weighted by molar-refractivity contribution is -0.121. The van der Waals surface area contributed by atoms with Gasteiger partial charge in [-0.15, -0.1) is 0 Å². The van der Waals surface area contributed by atoms with Gasteiger partial charge in [0, 0.05) is 49.5 Å². The van der Waals surface area contributed by atoms with Gasteiger partial charge >= 0.3 is 0 Å². The number of aryl methyl sites for hydroxylation is 2. The third-order valence-corrected chi connectivity index (χ3v) is 5.20. The van der Waals surface area contributed by atoms with Gasteiger partial charge in [0.2, 0.25) is 5.91 Å². The standard InChI is InChI=1S/C20H24N4O3/c1-23-20(26)19-16(13-22-23)15-7-2-3-8-17(15)24(19)10-4-9-18(25)21-12-14-6-5-11-27-14/h2-3,7-8,13-14H,4-6,9-12H2,1H3,(H,21,25)/t14-/m1/s1. The summed E-state index contributed by atoms with van der Waals surface area (Å²) in [7, 11) is 1.66. The zero-order valence-electron chi connectivity index (χ0n) is 15.5. The van der Waals surface area contributed by atoms with E-state index in [-0.39, 0.29) is 17.6 Å². The molecule has 1 aromatic carbocycles. The molecule has 0 bridgehead atoms. The first-order chi connectivity index (χ1) is 13.1. The maximum absolute atomic E-state index is 12.7. The van der Waals surface area contributed by atoms with Crippen LogP contribution in [0.25, 0.3) is 21.8 Å². The van der Waals surface area contributed by atoms with Crippen LogP contribution in [-0.4, -0.2) is 39.5 Å². The highest BCUT2D eigenvalue weighted by Gasteiger charge is 2.17. The molecule has 0 saturated carbocycles. The second-order valence-electron chi connectivity index (χ2n) is 7.05. The Balaban J connectivity index is 1.50. The third kappa shape index (κ3) is 3.47. The van der Waals surface area contributed by atoms with Gasteiger partial charge in [-0.1, -0.05) is 18.2 Å². The molecule has 1 fully saturated rings. The van der Waals surface area contributed by atoms with Crippen LogP contribution in [0.5, 0.6) is 0 Å². The van der Waals surface area contributed by atoms with Crippen molar-refractivity contribution in [3.8, 4) is 0 Å². The van der Waals surface area contributed by atoms with Crippen molar-refractivity contribution in [1.29, 1.82) is 0 Å². The Bertz CT molecular complexity index is 1030. The number of carbonyl (C=O) groups excluding carboxylic acids is 1. The highest BCUT2D eigenvalue weighted by atomic mass is 16.5. The van der Waals surface area contributed by atoms with Crippen molar-refractivity contribution in [2.75, 3.05) is 13.2 Å². The summed E-state index contributed by atoms with van der Waals surface area (Å²) >= 11 is 0. The van der Waals surface area contributed by atoms with E-state index < -0.39 is 0 Å². The Morgan fingerprint density at radius 2 is 2.19 bits per heavy atom. The van der Waals surface area contributed by atoms with E-state index in [2.05, 4.69) is 10.4 Å². The van der Waals surface area contributed by atoms with E-state index in [0.717, 1.165) is 35.7 Å². The second-order valence-corrected chi connectivity index (χ2v) is 7.05. The van der Waals surface area contributed by atoms with E-state index in [0.29, 0.717) is 31.4 Å². The summed E-state index contributed by atoms with van der Waals surface area (Å²) in [5.41, 5.74) is 1.53. The summed E-state index contributed by atoms with van der Waals surface area (Å²) in [6.07, 6.45) is 5.06. The Hall–Kier alpha value is -2.67. The minimum absolute atomic E-state index is 0.0286. The fraction of sp³-hybridized carbons (Fsp3) is 0.450. The first kappa shape index (κ1) is 17.7. The fourth-order valence-electron chi connectivity index (χ4n) is 3.79. The molecule has 0 unspecified atom stereocenters. The Morgan fingerprint density at radius 1 is 1.33 bits per heavy atom. The molecule has 0 aliphatic carbocycles. The quantitative estimate of drug-likeness (QED) is 0.721. The molecule has 1 aliphatic rings. The van der Waals surface area contributed by atoms with Crippen LogP contribution in [0.3, 0.4) is 0 Å². The minimum Gasteiger partial charge on any atom is -0.376 e. The van der Waals surface area contributed by atoms with Crippen molar-refractivity contribution < 1.29 is 9.53 Å². The van der Waals surface area contributed by atoms with Crippen LogP contribution in [-0.2, 0) is 23.1 Å². The fourth-order valence-corrected chi connectivity index (χ4v) is 3.79. The van der Waals surface area contributed by atoms with Crippen molar-refractivity contribution in [3.63, 3.8) is 0 Å². The van der Waals surface area contributed by atoms with Crippen molar-refractivity contribution in [3.05, 3.63) is 40.8 Å². The van der Waals surface area contributed by atoms with E-state index in [4.69, 9.17) is 4.74 Å². The molecule has 7 nitrogen and oxygen atoms in total. The Labute approximate surface area is 156 Å². The summed E-state index contributed by atoms with van der Waals surface area (Å²) < 4.78 is 8.89. The molecule has 0 spiro atoms. The van der Waals surface area contributed by atoms with Crippen LogP contribution < -0.4 is 10.9 Å². The molecule has 1 saturated heterocycles. The van der Waals surface area contributed by atoms with E-state index in [1.807, 2.05) is 28.8 Å². The largest absolute Gasteiger partial charge is 0.376 e. The van der Waals surface area contributed by atoms with E-state index in [1.165, 1.54) is 4.68 Å². The van der Waals surface area contributed by atoms with Gasteiger partial charge in [-0.05, 0) is 25.3 Å². The summed E-state index contributed by atoms with van der Waals surface area (Å²) in [5, 5.41) is 8.98. The Kier molecular flexibility index (Phi) is 4.94. The van der Waals surface area contributed by atoms with Crippen LogP contribution in [0.4, 0.5) is 0 Å². The summed E-state index contributed by atoms with van der Waals surface area (Å²) in [4.78, 5) is 24.8. The van der Waals surface area contributed by atoms with Crippen molar-refractivity contribution in [2.24, 2.45) is 7.05 Å². The molecule has 1 amide bonds. The van der Waals surface area contributed by atoms with Gasteiger partial charge < -0.3 is 14.6 Å². The molecule has 3 heterocycles. The highest BCUT2D eigenvalue weighted by Crippen LogP contribution is 2.26. The molecule has 7 heteroatoms. The maximum Gasteiger partial charge on any atom is 0.291 e. The number of nitrogens with one attached hydrogen (secondary N) is 1. The molecule has 3 aromatic rings. The van der Waals surface area contributed by atoms with Crippen LogP contribution in [0.15, 0.2) is 35.3 Å². The molecular weight excluding hydrogens is 344 g/mol. The minimum atomic E-state index is -0.119. The van der Waals surface area contributed by atoms with E-state index >= 15 is 0 Å². The van der Waals surface area contributed by atoms with Crippen LogP contribution >= 0.6 is 0 Å². The van der Waals surface area contributed by atoms with Crippen LogP contribution in [0.1, 0.15) is 25.7 Å². The highest BCUT2D eigenvalue weighted by molar-refractivity contribution is 6.07. The second kappa shape index (κ2) is 7.52. The predicted molar refractivity (Wildman–Crippen MR) is 104 cm³/mol. The van der Waals surface area contributed by atoms with Gasteiger partial charge in [0.15, 0.2) is 0 Å². The zero-order valence-corrected chi connectivity index (χ0v) is 15.5. The van der Waals surface area contributed by atoms with Crippen molar-refractivity contribution in [1.82, 2.24) is 19.7 Å². The molecular formula is C20H24N4O3. The lowest BCUT2D eigenvalue weighted by atomic mass is 10.2. The van der Waals surface area contributed by atoms with Gasteiger partial charge in [-0.2, -0.15) is 5.10 Å². The monoisotopic (exact) mass is 368 g/mol. The maximum atomic E-state index is 12.7. The number of para-hydroxylation sites is 1. The molecule has 27 heavy (non-hydrogen) atoms. The van der Waals surface area contributed by atoms with Gasteiger partial charge in [-0.25, -0.2) is 4.68 Å². The lowest BCUT2D eigenvalue weighted by Crippen LogP contribution is -2.31. The number of hydrogen-bond acceptors (Lipinski definition) is 4. The topological polar surface area (TPSA) is 78.2 Å². The van der Waals surface area contributed by atoms with Gasteiger partial charge in [-0.3, -0.25) is 9.59 Å². The number of rotatable bonds is 6. The number of carbonyl (C=O) groups is 1. The average molecular weight is 368 g/mol. The van der Waals surface area contributed by atoms with Gasteiger partial charge in [0.05, 0.1) is 12.3 Å². The number of nitrogens with zero attached hydrogens (tertiary/aromatic N) is 3. The summed E-state index contributed by atoms with van der Waals surface area (Å²) in [6.45, 7) is 1.98. The van der Waals surface area contributed by atoms with E-state index in [1.54, 1.807) is 13.2 Å². The predicted octanol–water partition coefficient (Wildman–Crippen LogP) is 1.96. The number of hydrogen-bond donors (Lipinski definition) is 1. The molecule has 4 rings (SSSR count). The molecule has 1 atom stereocenters. The van der Waals surface area contributed by atoms with Crippen molar-refractivity contribution >= 4 is 27.7 Å². The van der Waals surface area contributed by atoms with E-state index in [9.17, 15) is 9.59 Å². The Morgan fingerprint density at radius 3 is 3.00 bits per heavy atom. The zero-order chi connectivity index (χ0) is 18.8. The number of fused-ring (bicyclic) bond motifs is 3. The summed E-state index contributed by atoms with van der Waals surface area (Å²) in [5.74, 6) is 0.0286. The number of aromatic nitrogens is 3. The molecule has 1 aliphatic heterocycles. The van der Waals surface area contributed by atoms with Crippen LogP contribution in [0, 0.1) is 0 Å². The average Bonchev–Trinajstić information content (AvgIpc) is 3.30. The lowest BCUT2D eigenvalue weighted by Gasteiger charge is -2.11. The normalized spacial score (nSPS) is 17.0.